The SMILES string of the molecule is CC(CN(C)C(=O)C(Cc1ccccn1)c1ccccc1)NC(=O)OC(C)(C)C. The Labute approximate surface area is 173 Å². The summed E-state index contributed by atoms with van der Waals surface area (Å²) in [5.74, 6) is -0.357. The van der Waals surface area contributed by atoms with Gasteiger partial charge in [-0.25, -0.2) is 4.79 Å². The second-order valence-electron chi connectivity index (χ2n) is 8.25. The number of benzene rings is 1. The van der Waals surface area contributed by atoms with Gasteiger partial charge in [-0.1, -0.05) is 36.4 Å². The average Bonchev–Trinajstić information content (AvgIpc) is 2.65. The minimum absolute atomic E-state index is 0.0142. The van der Waals surface area contributed by atoms with Gasteiger partial charge in [-0.3, -0.25) is 9.78 Å². The maximum Gasteiger partial charge on any atom is 0.407 e. The van der Waals surface area contributed by atoms with E-state index in [0.29, 0.717) is 13.0 Å². The lowest BCUT2D eigenvalue weighted by Gasteiger charge is -2.28. The van der Waals surface area contributed by atoms with Crippen LogP contribution in [0.5, 0.6) is 0 Å². The molecule has 2 atom stereocenters. The third kappa shape index (κ3) is 7.56. The number of hydrogen-bond acceptors (Lipinski definition) is 4. The molecular weight excluding hydrogens is 366 g/mol. The van der Waals surface area contributed by atoms with Crippen molar-refractivity contribution in [1.29, 1.82) is 0 Å². The summed E-state index contributed by atoms with van der Waals surface area (Å²) in [4.78, 5) is 31.3. The standard InChI is InChI=1S/C23H31N3O3/c1-17(25-22(28)29-23(2,3)4)16-26(5)21(27)20(18-11-7-6-8-12-18)15-19-13-9-10-14-24-19/h6-14,17,20H,15-16H2,1-5H3,(H,25,28). The number of pyridine rings is 1. The summed E-state index contributed by atoms with van der Waals surface area (Å²) in [6, 6.07) is 15.2. The van der Waals surface area contributed by atoms with E-state index in [0.717, 1.165) is 11.3 Å². The molecular formula is C23H31N3O3. The third-order valence-electron chi connectivity index (χ3n) is 4.33. The number of hydrogen-bond donors (Lipinski definition) is 1. The largest absolute Gasteiger partial charge is 0.444 e. The van der Waals surface area contributed by atoms with Gasteiger partial charge in [-0.2, -0.15) is 0 Å². The molecule has 29 heavy (non-hydrogen) atoms. The van der Waals surface area contributed by atoms with Crippen LogP contribution in [-0.2, 0) is 16.0 Å². The molecule has 0 radical (unpaired) electrons. The highest BCUT2D eigenvalue weighted by atomic mass is 16.6. The van der Waals surface area contributed by atoms with Crippen molar-refractivity contribution in [3.63, 3.8) is 0 Å². The number of likely N-dealkylation sites (N-methyl/N-ethyl adjacent to an activating group) is 1. The Hall–Kier alpha value is -2.89. The molecule has 0 spiro atoms. The summed E-state index contributed by atoms with van der Waals surface area (Å²) in [5, 5.41) is 2.78. The summed E-state index contributed by atoms with van der Waals surface area (Å²) in [6.45, 7) is 7.67. The van der Waals surface area contributed by atoms with Crippen LogP contribution < -0.4 is 5.32 Å². The van der Waals surface area contributed by atoms with Gasteiger partial charge in [0.25, 0.3) is 0 Å². The van der Waals surface area contributed by atoms with Gasteiger partial charge in [-0.05, 0) is 45.4 Å². The van der Waals surface area contributed by atoms with E-state index in [1.165, 1.54) is 0 Å². The van der Waals surface area contributed by atoms with E-state index >= 15 is 0 Å². The fourth-order valence-electron chi connectivity index (χ4n) is 3.08. The van der Waals surface area contributed by atoms with E-state index < -0.39 is 11.7 Å². The number of ether oxygens (including phenoxy) is 1. The molecule has 0 fully saturated rings. The van der Waals surface area contributed by atoms with Crippen molar-refractivity contribution < 1.29 is 14.3 Å². The maximum atomic E-state index is 13.3. The summed E-state index contributed by atoms with van der Waals surface area (Å²) in [7, 11) is 1.75. The lowest BCUT2D eigenvalue weighted by atomic mass is 9.92. The summed E-state index contributed by atoms with van der Waals surface area (Å²) < 4.78 is 5.28. The Morgan fingerprint density at radius 1 is 1.10 bits per heavy atom. The zero-order valence-electron chi connectivity index (χ0n) is 17.9. The van der Waals surface area contributed by atoms with Crippen molar-refractivity contribution in [2.45, 2.75) is 51.7 Å². The molecule has 1 heterocycles. The first-order valence-corrected chi connectivity index (χ1v) is 9.85. The molecule has 0 bridgehead atoms. The topological polar surface area (TPSA) is 71.5 Å². The summed E-state index contributed by atoms with van der Waals surface area (Å²) >= 11 is 0. The highest BCUT2D eigenvalue weighted by Gasteiger charge is 2.26. The van der Waals surface area contributed by atoms with Gasteiger partial charge >= 0.3 is 6.09 Å². The average molecular weight is 398 g/mol. The van der Waals surface area contributed by atoms with Crippen LogP contribution in [0.15, 0.2) is 54.7 Å². The molecule has 0 aliphatic carbocycles. The normalized spacial score (nSPS) is 13.3. The number of amides is 2. The quantitative estimate of drug-likeness (QED) is 0.772. The van der Waals surface area contributed by atoms with Gasteiger partial charge in [0.2, 0.25) is 5.91 Å². The minimum atomic E-state index is -0.563. The first-order valence-electron chi connectivity index (χ1n) is 9.85. The van der Waals surface area contributed by atoms with E-state index in [1.807, 2.05) is 76.2 Å². The molecule has 0 aliphatic heterocycles. The minimum Gasteiger partial charge on any atom is -0.444 e. The summed E-state index contributed by atoms with van der Waals surface area (Å²) in [5.41, 5.74) is 1.25. The Bertz CT molecular complexity index is 788. The molecule has 6 heteroatoms. The van der Waals surface area contributed by atoms with Crippen LogP contribution in [0.1, 0.15) is 44.9 Å². The molecule has 0 saturated carbocycles. The lowest BCUT2D eigenvalue weighted by Crippen LogP contribution is -2.45. The number of rotatable bonds is 7. The zero-order valence-corrected chi connectivity index (χ0v) is 17.9. The van der Waals surface area contributed by atoms with E-state index in [4.69, 9.17) is 4.74 Å². The number of nitrogens with one attached hydrogen (secondary N) is 1. The molecule has 2 unspecified atom stereocenters. The zero-order chi connectivity index (χ0) is 21.4. The van der Waals surface area contributed by atoms with Crippen LogP contribution in [0.4, 0.5) is 4.79 Å². The van der Waals surface area contributed by atoms with Crippen molar-refractivity contribution in [2.75, 3.05) is 13.6 Å². The number of carbonyl (C=O) groups is 2. The fraction of sp³-hybridized carbons (Fsp3) is 0.435. The lowest BCUT2D eigenvalue weighted by molar-refractivity contribution is -0.131. The van der Waals surface area contributed by atoms with Crippen molar-refractivity contribution in [2.24, 2.45) is 0 Å². The van der Waals surface area contributed by atoms with Gasteiger partial charge in [0, 0.05) is 37.9 Å². The Balaban J connectivity index is 2.06. The van der Waals surface area contributed by atoms with Crippen molar-refractivity contribution in [3.05, 3.63) is 66.0 Å². The highest BCUT2D eigenvalue weighted by Crippen LogP contribution is 2.22. The predicted molar refractivity (Wildman–Crippen MR) is 114 cm³/mol. The molecule has 6 nitrogen and oxygen atoms in total. The van der Waals surface area contributed by atoms with Gasteiger partial charge in [0.1, 0.15) is 5.60 Å². The van der Waals surface area contributed by atoms with Crippen LogP contribution in [-0.4, -0.2) is 47.1 Å². The number of alkyl carbamates (subject to hydrolysis) is 1. The molecule has 156 valence electrons. The second kappa shape index (κ2) is 10.0. The van der Waals surface area contributed by atoms with Crippen molar-refractivity contribution >= 4 is 12.0 Å². The second-order valence-corrected chi connectivity index (χ2v) is 8.25. The molecule has 2 rings (SSSR count). The maximum absolute atomic E-state index is 13.3. The third-order valence-corrected chi connectivity index (χ3v) is 4.33. The molecule has 2 amide bonds. The Morgan fingerprint density at radius 3 is 2.34 bits per heavy atom. The van der Waals surface area contributed by atoms with Crippen molar-refractivity contribution in [1.82, 2.24) is 15.2 Å². The number of nitrogens with zero attached hydrogens (tertiary/aromatic N) is 2. The first-order chi connectivity index (χ1) is 13.7. The highest BCUT2D eigenvalue weighted by molar-refractivity contribution is 5.84. The molecule has 1 N–H and O–H groups in total. The summed E-state index contributed by atoms with van der Waals surface area (Å²) in [6.07, 6.45) is 1.76. The van der Waals surface area contributed by atoms with E-state index in [-0.39, 0.29) is 17.9 Å². The van der Waals surface area contributed by atoms with Crippen LogP contribution in [0.3, 0.4) is 0 Å². The molecule has 1 aromatic heterocycles. The van der Waals surface area contributed by atoms with Crippen LogP contribution in [0.25, 0.3) is 0 Å². The monoisotopic (exact) mass is 397 g/mol. The smallest absolute Gasteiger partial charge is 0.407 e. The van der Waals surface area contributed by atoms with Gasteiger partial charge in [-0.15, -0.1) is 0 Å². The molecule has 0 aliphatic rings. The Kier molecular flexibility index (Phi) is 7.76. The Morgan fingerprint density at radius 2 is 1.76 bits per heavy atom. The predicted octanol–water partition coefficient (Wildman–Crippen LogP) is 3.78. The number of aromatic nitrogens is 1. The van der Waals surface area contributed by atoms with Gasteiger partial charge < -0.3 is 15.0 Å². The van der Waals surface area contributed by atoms with Gasteiger partial charge in [0.15, 0.2) is 0 Å². The van der Waals surface area contributed by atoms with Crippen LogP contribution in [0, 0.1) is 0 Å². The van der Waals surface area contributed by atoms with Gasteiger partial charge in [0.05, 0.1) is 5.92 Å². The van der Waals surface area contributed by atoms with E-state index in [1.54, 1.807) is 18.1 Å². The molecule has 1 aromatic carbocycles. The van der Waals surface area contributed by atoms with Crippen molar-refractivity contribution in [3.8, 4) is 0 Å². The van der Waals surface area contributed by atoms with E-state index in [9.17, 15) is 9.59 Å². The fourth-order valence-corrected chi connectivity index (χ4v) is 3.08. The number of carbonyl (C=O) groups excluding carboxylic acids is 2. The van der Waals surface area contributed by atoms with Crippen LogP contribution in [0.2, 0.25) is 0 Å². The molecule has 2 aromatic rings. The van der Waals surface area contributed by atoms with Crippen LogP contribution >= 0.6 is 0 Å². The molecule has 0 saturated heterocycles. The first kappa shape index (κ1) is 22.4. The van der Waals surface area contributed by atoms with E-state index in [2.05, 4.69) is 10.3 Å².